The van der Waals surface area contributed by atoms with Crippen LogP contribution in [0.5, 0.6) is 11.5 Å². The van der Waals surface area contributed by atoms with Gasteiger partial charge in [-0.2, -0.15) is 0 Å². The molecule has 2 aromatic rings. The van der Waals surface area contributed by atoms with Crippen LogP contribution in [0, 0.1) is 0 Å². The molecule has 0 bridgehead atoms. The first-order chi connectivity index (χ1) is 21.5. The van der Waals surface area contributed by atoms with Crippen LogP contribution in [-0.2, 0) is 28.7 Å². The third-order valence-electron chi connectivity index (χ3n) is 5.76. The van der Waals surface area contributed by atoms with E-state index in [2.05, 4.69) is 17.2 Å². The van der Waals surface area contributed by atoms with Crippen LogP contribution in [0.4, 0.5) is 0 Å². The molecule has 0 atom stereocenters. The van der Waals surface area contributed by atoms with E-state index in [1.807, 2.05) is 0 Å². The quantitative estimate of drug-likeness (QED) is 0.0793. The predicted molar refractivity (Wildman–Crippen MR) is 162 cm³/mol. The highest BCUT2D eigenvalue weighted by Crippen LogP contribution is 2.18. The minimum absolute atomic E-state index is 0.0313. The number of ketones is 2. The van der Waals surface area contributed by atoms with E-state index in [4.69, 9.17) is 18.9 Å². The number of hydrogen-bond acceptors (Lipinski definition) is 12. The summed E-state index contributed by atoms with van der Waals surface area (Å²) in [6.07, 6.45) is -1.35. The Morgan fingerprint density at radius 3 is 1.24 bits per heavy atom. The highest BCUT2D eigenvalue weighted by molar-refractivity contribution is 6.02. The van der Waals surface area contributed by atoms with Gasteiger partial charge < -0.3 is 39.8 Å². The molecule has 0 spiro atoms. The van der Waals surface area contributed by atoms with Gasteiger partial charge in [0.2, 0.25) is 11.8 Å². The van der Waals surface area contributed by atoms with Crippen molar-refractivity contribution in [1.82, 2.24) is 10.6 Å². The molecule has 2 aromatic carbocycles. The van der Waals surface area contributed by atoms with E-state index < -0.39 is 59.4 Å². The van der Waals surface area contributed by atoms with Crippen molar-refractivity contribution < 1.29 is 57.9 Å². The van der Waals surface area contributed by atoms with E-state index in [0.717, 1.165) is 0 Å². The molecular weight excluding hydrogens is 604 g/mol. The van der Waals surface area contributed by atoms with Crippen molar-refractivity contribution in [2.75, 3.05) is 26.4 Å². The average molecular weight is 643 g/mol. The van der Waals surface area contributed by atoms with Crippen LogP contribution < -0.4 is 20.1 Å². The van der Waals surface area contributed by atoms with Crippen LogP contribution >= 0.6 is 0 Å². The maximum atomic E-state index is 12.0. The maximum Gasteiger partial charge on any atom is 0.315 e. The largest absolute Gasteiger partial charge is 0.490 e. The smallest absolute Gasteiger partial charge is 0.315 e. The maximum absolute atomic E-state index is 12.0. The molecular formula is C32H38N2O12. The molecule has 0 aromatic heterocycles. The number of hydrogen-bond donors (Lipinski definition) is 4. The van der Waals surface area contributed by atoms with Gasteiger partial charge in [0, 0.05) is 11.1 Å². The first-order valence-electron chi connectivity index (χ1n) is 14.1. The van der Waals surface area contributed by atoms with E-state index in [0.29, 0.717) is 22.6 Å². The van der Waals surface area contributed by atoms with Gasteiger partial charge in [0.1, 0.15) is 67.8 Å². The Labute approximate surface area is 265 Å². The zero-order chi connectivity index (χ0) is 34.5. The fraction of sp³-hybridized carbons (Fsp3) is 0.375. The van der Waals surface area contributed by atoms with Crippen molar-refractivity contribution in [3.8, 4) is 11.5 Å². The SMILES string of the molecule is C=C(NC(=O)CC(=O)OCCOc1ccc(C(=O)C(C)(C)O)cc1)NC(=O)CC(=O)OCCOc1ccc(C(=O)C(C)(C)O)cc1. The molecule has 0 saturated carbocycles. The van der Waals surface area contributed by atoms with Crippen LogP contribution in [0.3, 0.4) is 0 Å². The number of ether oxygens (including phenoxy) is 4. The third-order valence-corrected chi connectivity index (χ3v) is 5.76. The summed E-state index contributed by atoms with van der Waals surface area (Å²) in [5, 5.41) is 24.0. The highest BCUT2D eigenvalue weighted by atomic mass is 16.6. The first-order valence-corrected chi connectivity index (χ1v) is 14.1. The van der Waals surface area contributed by atoms with E-state index >= 15 is 0 Å². The number of aliphatic hydroxyl groups is 2. The summed E-state index contributed by atoms with van der Waals surface area (Å²) in [5.74, 6) is -3.73. The van der Waals surface area contributed by atoms with Crippen molar-refractivity contribution >= 4 is 35.3 Å². The summed E-state index contributed by atoms with van der Waals surface area (Å²) in [5.41, 5.74) is -2.40. The Kier molecular flexibility index (Phi) is 13.6. The zero-order valence-corrected chi connectivity index (χ0v) is 26.0. The van der Waals surface area contributed by atoms with Crippen molar-refractivity contribution in [3.05, 3.63) is 72.1 Å². The lowest BCUT2D eigenvalue weighted by Gasteiger charge is -2.15. The molecule has 4 N–H and O–H groups in total. The minimum Gasteiger partial charge on any atom is -0.490 e. The molecule has 14 nitrogen and oxygen atoms in total. The summed E-state index contributed by atoms with van der Waals surface area (Å²) < 4.78 is 20.7. The monoisotopic (exact) mass is 642 g/mol. The van der Waals surface area contributed by atoms with Crippen LogP contribution in [0.2, 0.25) is 0 Å². The molecule has 0 heterocycles. The minimum atomic E-state index is -1.51. The molecule has 0 unspecified atom stereocenters. The lowest BCUT2D eigenvalue weighted by Crippen LogP contribution is -2.36. The van der Waals surface area contributed by atoms with Gasteiger partial charge in [0.15, 0.2) is 11.6 Å². The van der Waals surface area contributed by atoms with Crippen molar-refractivity contribution in [1.29, 1.82) is 0 Å². The van der Waals surface area contributed by atoms with Crippen molar-refractivity contribution in [2.24, 2.45) is 0 Å². The van der Waals surface area contributed by atoms with Crippen LogP contribution in [0.25, 0.3) is 0 Å². The summed E-state index contributed by atoms with van der Waals surface area (Å²) in [6, 6.07) is 12.1. The number of Topliss-reactive ketones (excluding diaryl/α,β-unsaturated/α-hetero) is 2. The van der Waals surface area contributed by atoms with Gasteiger partial charge in [-0.15, -0.1) is 0 Å². The van der Waals surface area contributed by atoms with E-state index in [9.17, 15) is 39.0 Å². The van der Waals surface area contributed by atoms with Crippen molar-refractivity contribution in [2.45, 2.75) is 51.7 Å². The van der Waals surface area contributed by atoms with Crippen LogP contribution in [-0.4, -0.2) is 83.2 Å². The lowest BCUT2D eigenvalue weighted by atomic mass is 9.97. The van der Waals surface area contributed by atoms with Crippen molar-refractivity contribution in [3.63, 3.8) is 0 Å². The van der Waals surface area contributed by atoms with Crippen LogP contribution in [0.1, 0.15) is 61.3 Å². The van der Waals surface area contributed by atoms with E-state index in [1.54, 1.807) is 0 Å². The van der Waals surface area contributed by atoms with E-state index in [1.165, 1.54) is 76.2 Å². The average Bonchev–Trinajstić information content (AvgIpc) is 2.96. The Morgan fingerprint density at radius 2 is 0.935 bits per heavy atom. The number of amides is 2. The molecule has 2 rings (SSSR count). The highest BCUT2D eigenvalue weighted by Gasteiger charge is 2.26. The summed E-state index contributed by atoms with van der Waals surface area (Å²) in [4.78, 5) is 72.0. The molecule has 0 fully saturated rings. The van der Waals surface area contributed by atoms with Gasteiger partial charge in [-0.25, -0.2) is 0 Å². The molecule has 0 aliphatic rings. The molecule has 0 aliphatic heterocycles. The summed E-state index contributed by atoms with van der Waals surface area (Å²) >= 11 is 0. The normalized spacial score (nSPS) is 11.1. The predicted octanol–water partition coefficient (Wildman–Crippen LogP) is 1.62. The van der Waals surface area contributed by atoms with Crippen LogP contribution in [0.15, 0.2) is 60.9 Å². The number of nitrogens with one attached hydrogen (secondary N) is 2. The standard InChI is InChI=1S/C32H38N2O12/c1-20(33-25(35)18-27(37)45-16-14-43-23-10-6-21(7-11-23)29(39)31(2,3)41)34-26(36)19-28(38)46-17-15-44-24-12-8-22(9-13-24)30(40)32(4,5)42/h6-13,41-42H,1,14-19H2,2-5H3,(H,33,35)(H,34,36). The molecule has 46 heavy (non-hydrogen) atoms. The van der Waals surface area contributed by atoms with Gasteiger partial charge in [-0.1, -0.05) is 6.58 Å². The Morgan fingerprint density at radius 1 is 0.609 bits per heavy atom. The number of benzene rings is 2. The molecule has 14 heteroatoms. The van der Waals surface area contributed by atoms with Gasteiger partial charge in [-0.3, -0.25) is 28.8 Å². The second-order valence-electron chi connectivity index (χ2n) is 10.9. The van der Waals surface area contributed by atoms with Gasteiger partial charge in [0.25, 0.3) is 0 Å². The second kappa shape index (κ2) is 16.8. The number of carbonyl (C=O) groups is 6. The van der Waals surface area contributed by atoms with Gasteiger partial charge in [0.05, 0.1) is 0 Å². The second-order valence-corrected chi connectivity index (χ2v) is 10.9. The Balaban J connectivity index is 1.59. The fourth-order valence-electron chi connectivity index (χ4n) is 3.56. The lowest BCUT2D eigenvalue weighted by molar-refractivity contribution is -0.148. The number of rotatable bonds is 18. The molecule has 2 amide bonds. The van der Waals surface area contributed by atoms with E-state index in [-0.39, 0.29) is 32.2 Å². The number of esters is 2. The molecule has 248 valence electrons. The number of carbonyl (C=O) groups excluding carboxylic acids is 6. The Hall–Kier alpha value is -5.08. The van der Waals surface area contributed by atoms with Gasteiger partial charge >= 0.3 is 11.9 Å². The third kappa shape index (κ3) is 13.3. The first kappa shape index (κ1) is 37.1. The summed E-state index contributed by atoms with van der Waals surface area (Å²) in [7, 11) is 0. The molecule has 0 radical (unpaired) electrons. The molecule has 0 saturated heterocycles. The molecule has 0 aliphatic carbocycles. The summed E-state index contributed by atoms with van der Waals surface area (Å²) in [6.45, 7) is 8.59. The van der Waals surface area contributed by atoms with Gasteiger partial charge in [-0.05, 0) is 76.2 Å². The fourth-order valence-corrected chi connectivity index (χ4v) is 3.56. The Bertz CT molecular complexity index is 1310. The topological polar surface area (TPSA) is 204 Å². The zero-order valence-electron chi connectivity index (χ0n) is 26.0.